The number of hydrogen-bond donors (Lipinski definition) is 2. The van der Waals surface area contributed by atoms with Gasteiger partial charge >= 0.3 is 0 Å². The van der Waals surface area contributed by atoms with Crippen molar-refractivity contribution >= 4 is 39.9 Å². The zero-order valence-corrected chi connectivity index (χ0v) is 19.7. The molecule has 0 bridgehead atoms. The van der Waals surface area contributed by atoms with Crippen LogP contribution in [0.25, 0.3) is 0 Å². The number of carbonyl (C=O) groups is 3. The van der Waals surface area contributed by atoms with Crippen LogP contribution < -0.4 is 15.5 Å². The number of amides is 3. The summed E-state index contributed by atoms with van der Waals surface area (Å²) in [7, 11) is 0. The number of hydrogen-bond acceptors (Lipinski definition) is 5. The highest BCUT2D eigenvalue weighted by Gasteiger charge is 2.21. The lowest BCUT2D eigenvalue weighted by Crippen LogP contribution is -2.42. The predicted octanol–water partition coefficient (Wildman–Crippen LogP) is 3.87. The van der Waals surface area contributed by atoms with Crippen molar-refractivity contribution in [2.45, 2.75) is 33.1 Å². The summed E-state index contributed by atoms with van der Waals surface area (Å²) in [6.07, 6.45) is 2.31. The second-order valence-corrected chi connectivity index (χ2v) is 8.64. The lowest BCUT2D eigenvalue weighted by molar-refractivity contribution is -0.125. The van der Waals surface area contributed by atoms with Crippen LogP contribution in [0.1, 0.15) is 29.5 Å². The summed E-state index contributed by atoms with van der Waals surface area (Å²) in [6, 6.07) is 15.6. The van der Waals surface area contributed by atoms with Crippen molar-refractivity contribution in [1.29, 1.82) is 0 Å². The van der Waals surface area contributed by atoms with Crippen LogP contribution in [0.5, 0.6) is 0 Å². The van der Waals surface area contributed by atoms with Crippen molar-refractivity contribution < 1.29 is 14.4 Å². The largest absolute Gasteiger partial charge is 0.354 e. The predicted molar refractivity (Wildman–Crippen MR) is 131 cm³/mol. The minimum absolute atomic E-state index is 0.00937. The van der Waals surface area contributed by atoms with Crippen LogP contribution in [0.2, 0.25) is 0 Å². The van der Waals surface area contributed by atoms with Crippen molar-refractivity contribution in [1.82, 2.24) is 10.3 Å². The van der Waals surface area contributed by atoms with E-state index in [1.807, 2.05) is 62.4 Å². The van der Waals surface area contributed by atoms with Crippen molar-refractivity contribution in [3.63, 3.8) is 0 Å². The average Bonchev–Trinajstić information content (AvgIpc) is 3.30. The molecule has 3 amide bonds. The van der Waals surface area contributed by atoms with Gasteiger partial charge in [0.15, 0.2) is 5.13 Å². The van der Waals surface area contributed by atoms with Gasteiger partial charge in [-0.25, -0.2) is 4.98 Å². The third kappa shape index (κ3) is 7.54. The SMILES string of the molecule is Cc1ccc(N(CC(=O)NCCc2ccccc2)C(=O)CCC(=O)Nc2nccs2)c(C)c1. The molecule has 0 saturated heterocycles. The molecular formula is C25H28N4O3S. The number of anilines is 2. The van der Waals surface area contributed by atoms with E-state index in [0.29, 0.717) is 23.8 Å². The van der Waals surface area contributed by atoms with Gasteiger partial charge < -0.3 is 15.5 Å². The van der Waals surface area contributed by atoms with E-state index in [1.165, 1.54) is 16.2 Å². The summed E-state index contributed by atoms with van der Waals surface area (Å²) in [6.45, 7) is 4.26. The second-order valence-electron chi connectivity index (χ2n) is 7.74. The maximum absolute atomic E-state index is 13.1. The third-order valence-corrected chi connectivity index (χ3v) is 5.76. The Morgan fingerprint density at radius 2 is 1.79 bits per heavy atom. The molecule has 33 heavy (non-hydrogen) atoms. The molecule has 172 valence electrons. The van der Waals surface area contributed by atoms with Gasteiger partial charge in [0.25, 0.3) is 0 Å². The van der Waals surface area contributed by atoms with Crippen LogP contribution in [0, 0.1) is 13.8 Å². The number of benzene rings is 2. The fourth-order valence-corrected chi connectivity index (χ4v) is 3.97. The van der Waals surface area contributed by atoms with Crippen LogP contribution in [-0.4, -0.2) is 35.8 Å². The van der Waals surface area contributed by atoms with Gasteiger partial charge in [0, 0.05) is 36.7 Å². The van der Waals surface area contributed by atoms with Gasteiger partial charge in [-0.2, -0.15) is 0 Å². The highest BCUT2D eigenvalue weighted by molar-refractivity contribution is 7.13. The van der Waals surface area contributed by atoms with E-state index >= 15 is 0 Å². The molecule has 3 aromatic rings. The maximum atomic E-state index is 13.1. The molecule has 0 saturated carbocycles. The number of nitrogens with one attached hydrogen (secondary N) is 2. The number of rotatable bonds is 10. The van der Waals surface area contributed by atoms with Crippen LogP contribution in [0.3, 0.4) is 0 Å². The molecule has 0 aliphatic rings. The van der Waals surface area contributed by atoms with Crippen molar-refractivity contribution in [3.8, 4) is 0 Å². The first-order valence-corrected chi connectivity index (χ1v) is 11.7. The molecule has 0 fully saturated rings. The first-order valence-electron chi connectivity index (χ1n) is 10.8. The number of nitrogens with zero attached hydrogens (tertiary/aromatic N) is 2. The van der Waals surface area contributed by atoms with Gasteiger partial charge in [-0.05, 0) is 37.5 Å². The minimum Gasteiger partial charge on any atom is -0.354 e. The zero-order chi connectivity index (χ0) is 23.6. The first-order chi connectivity index (χ1) is 15.9. The fraction of sp³-hybridized carbons (Fsp3) is 0.280. The Labute approximate surface area is 197 Å². The highest BCUT2D eigenvalue weighted by atomic mass is 32.1. The molecule has 3 rings (SSSR count). The summed E-state index contributed by atoms with van der Waals surface area (Å²) >= 11 is 1.31. The van der Waals surface area contributed by atoms with Gasteiger partial charge in [0.1, 0.15) is 6.54 Å². The van der Waals surface area contributed by atoms with Crippen LogP contribution in [-0.2, 0) is 20.8 Å². The monoisotopic (exact) mass is 464 g/mol. The van der Waals surface area contributed by atoms with E-state index in [9.17, 15) is 14.4 Å². The van der Waals surface area contributed by atoms with Crippen molar-refractivity contribution in [2.75, 3.05) is 23.3 Å². The average molecular weight is 465 g/mol. The topological polar surface area (TPSA) is 91.4 Å². The number of thiazole rings is 1. The van der Waals surface area contributed by atoms with Crippen molar-refractivity contribution in [2.24, 2.45) is 0 Å². The molecular weight excluding hydrogens is 436 g/mol. The molecule has 1 heterocycles. The van der Waals surface area contributed by atoms with Crippen molar-refractivity contribution in [3.05, 3.63) is 76.8 Å². The zero-order valence-electron chi connectivity index (χ0n) is 18.8. The highest BCUT2D eigenvalue weighted by Crippen LogP contribution is 2.22. The maximum Gasteiger partial charge on any atom is 0.240 e. The molecule has 0 atom stereocenters. The lowest BCUT2D eigenvalue weighted by atomic mass is 10.1. The number of aromatic nitrogens is 1. The first kappa shape index (κ1) is 24.1. The molecule has 2 N–H and O–H groups in total. The number of aryl methyl sites for hydroxylation is 2. The molecule has 0 spiro atoms. The smallest absolute Gasteiger partial charge is 0.240 e. The Hall–Kier alpha value is -3.52. The Morgan fingerprint density at radius 3 is 2.48 bits per heavy atom. The summed E-state index contributed by atoms with van der Waals surface area (Å²) < 4.78 is 0. The van der Waals surface area contributed by atoms with E-state index < -0.39 is 0 Å². The molecule has 8 heteroatoms. The molecule has 2 aromatic carbocycles. The van der Waals surface area contributed by atoms with E-state index in [-0.39, 0.29) is 37.1 Å². The minimum atomic E-state index is -0.286. The van der Waals surface area contributed by atoms with Crippen LogP contribution >= 0.6 is 11.3 Å². The van der Waals surface area contributed by atoms with E-state index in [4.69, 9.17) is 0 Å². The van der Waals surface area contributed by atoms with Crippen LogP contribution in [0.4, 0.5) is 10.8 Å². The third-order valence-electron chi connectivity index (χ3n) is 5.07. The fourth-order valence-electron chi connectivity index (χ4n) is 3.43. The standard InChI is InChI=1S/C25H28N4O3S/c1-18-8-9-21(19(2)16-18)29(17-23(31)26-13-12-20-6-4-3-5-7-20)24(32)11-10-22(30)28-25-27-14-15-33-25/h3-9,14-16H,10-13,17H2,1-2H3,(H,26,31)(H,27,28,30). The molecule has 7 nitrogen and oxygen atoms in total. The molecule has 0 aliphatic heterocycles. The van der Waals surface area contributed by atoms with E-state index in [2.05, 4.69) is 15.6 Å². The molecule has 0 unspecified atom stereocenters. The summed E-state index contributed by atoms with van der Waals surface area (Å²) in [5.74, 6) is -0.813. The summed E-state index contributed by atoms with van der Waals surface area (Å²) in [4.78, 5) is 43.4. The Kier molecular flexibility index (Phi) is 8.71. The van der Waals surface area contributed by atoms with Gasteiger partial charge in [-0.15, -0.1) is 11.3 Å². The van der Waals surface area contributed by atoms with Crippen LogP contribution in [0.15, 0.2) is 60.1 Å². The second kappa shape index (κ2) is 11.9. The Morgan fingerprint density at radius 1 is 1.00 bits per heavy atom. The van der Waals surface area contributed by atoms with Gasteiger partial charge in [-0.1, -0.05) is 48.0 Å². The Balaban J connectivity index is 1.62. The normalized spacial score (nSPS) is 10.5. The quantitative estimate of drug-likeness (QED) is 0.477. The summed E-state index contributed by atoms with van der Waals surface area (Å²) in [5, 5.41) is 7.83. The van der Waals surface area contributed by atoms with E-state index in [0.717, 1.165) is 16.7 Å². The molecule has 0 aliphatic carbocycles. The summed E-state index contributed by atoms with van der Waals surface area (Å²) in [5.41, 5.74) is 3.77. The van der Waals surface area contributed by atoms with E-state index in [1.54, 1.807) is 11.6 Å². The number of carbonyl (C=O) groups excluding carboxylic acids is 3. The van der Waals surface area contributed by atoms with Gasteiger partial charge in [-0.3, -0.25) is 14.4 Å². The Bertz CT molecular complexity index is 1080. The molecule has 0 radical (unpaired) electrons. The molecule has 1 aromatic heterocycles. The lowest BCUT2D eigenvalue weighted by Gasteiger charge is -2.24. The van der Waals surface area contributed by atoms with Gasteiger partial charge in [0.05, 0.1) is 0 Å². The van der Waals surface area contributed by atoms with Gasteiger partial charge in [0.2, 0.25) is 17.7 Å².